The molecule has 0 radical (unpaired) electrons. The number of carbonyl (C=O) groups excluding carboxylic acids is 2. The molecule has 4 nitrogen and oxygen atoms in total. The van der Waals surface area contributed by atoms with Crippen molar-refractivity contribution in [3.05, 3.63) is 67.6 Å². The van der Waals surface area contributed by atoms with E-state index in [1.54, 1.807) is 12.1 Å². The van der Waals surface area contributed by atoms with E-state index in [1.807, 2.05) is 5.32 Å². The summed E-state index contributed by atoms with van der Waals surface area (Å²) in [5.74, 6) is -0.753. The Hall–Kier alpha value is -1.93. The molecular formula is C17H9Cl4F3N2O2. The molecule has 11 heteroatoms. The number of anilines is 1. The smallest absolute Gasteiger partial charge is 0.308 e. The van der Waals surface area contributed by atoms with Crippen molar-refractivity contribution < 1.29 is 22.8 Å². The summed E-state index contributed by atoms with van der Waals surface area (Å²) in [6.45, 7) is 0. The van der Waals surface area contributed by atoms with Gasteiger partial charge in [0.1, 0.15) is 5.03 Å². The molecule has 0 saturated heterocycles. The third-order valence-electron chi connectivity index (χ3n) is 3.22. The molecule has 2 aromatic carbocycles. The first kappa shape index (κ1) is 22.4. The summed E-state index contributed by atoms with van der Waals surface area (Å²) in [6.07, 6.45) is -4.19. The Morgan fingerprint density at radius 1 is 0.964 bits per heavy atom. The molecule has 2 aromatic rings. The Balaban J connectivity index is 2.16. The minimum Gasteiger partial charge on any atom is -0.308 e. The summed E-state index contributed by atoms with van der Waals surface area (Å²) in [4.78, 5) is 24.0. The number of nitrogens with one attached hydrogen (secondary N) is 2. The van der Waals surface area contributed by atoms with Crippen LogP contribution < -0.4 is 10.6 Å². The lowest BCUT2D eigenvalue weighted by atomic mass is 10.2. The molecule has 0 unspecified atom stereocenters. The standard InChI is InChI=1S/C17H9Cl4F3N2O2/c18-11-4-2-1-3-9(11)15(27)26-16(28)25-8-5-12(19)10(13(20)6-8)7-14(21)17(22,23)24/h1-7H,(H2,25,26,27,28)/b14-7-. The van der Waals surface area contributed by atoms with Crippen molar-refractivity contribution in [1.29, 1.82) is 0 Å². The van der Waals surface area contributed by atoms with Gasteiger partial charge in [-0.3, -0.25) is 10.1 Å². The predicted molar refractivity (Wildman–Crippen MR) is 104 cm³/mol. The topological polar surface area (TPSA) is 58.2 Å². The normalized spacial score (nSPS) is 11.9. The Morgan fingerprint density at radius 2 is 1.54 bits per heavy atom. The van der Waals surface area contributed by atoms with Crippen molar-refractivity contribution in [2.45, 2.75) is 6.18 Å². The summed E-state index contributed by atoms with van der Waals surface area (Å²) >= 11 is 22.9. The van der Waals surface area contributed by atoms with E-state index < -0.39 is 23.1 Å². The number of urea groups is 1. The molecule has 0 saturated carbocycles. The van der Waals surface area contributed by atoms with Crippen molar-refractivity contribution >= 4 is 70.1 Å². The zero-order valence-electron chi connectivity index (χ0n) is 13.5. The highest BCUT2D eigenvalue weighted by molar-refractivity contribution is 6.39. The Labute approximate surface area is 177 Å². The molecule has 0 atom stereocenters. The first-order valence-corrected chi connectivity index (χ1v) is 8.80. The summed E-state index contributed by atoms with van der Waals surface area (Å²) in [5, 5.41) is 2.69. The van der Waals surface area contributed by atoms with Gasteiger partial charge in [0.2, 0.25) is 0 Å². The number of amides is 3. The van der Waals surface area contributed by atoms with Crippen LogP contribution in [0.1, 0.15) is 15.9 Å². The van der Waals surface area contributed by atoms with Gasteiger partial charge in [0.15, 0.2) is 0 Å². The Bertz CT molecular complexity index is 939. The van der Waals surface area contributed by atoms with E-state index >= 15 is 0 Å². The number of allylic oxidation sites excluding steroid dienone is 1. The van der Waals surface area contributed by atoms with E-state index in [0.717, 1.165) is 12.1 Å². The SMILES string of the molecule is O=C(NC(=O)c1ccccc1Cl)Nc1cc(Cl)c(/C=C(\Cl)C(F)(F)F)c(Cl)c1. The summed E-state index contributed by atoms with van der Waals surface area (Å²) in [7, 11) is 0. The largest absolute Gasteiger partial charge is 0.426 e. The Morgan fingerprint density at radius 3 is 2.07 bits per heavy atom. The van der Waals surface area contributed by atoms with Crippen molar-refractivity contribution in [2.75, 3.05) is 5.32 Å². The van der Waals surface area contributed by atoms with Gasteiger partial charge in [-0.2, -0.15) is 13.2 Å². The molecule has 28 heavy (non-hydrogen) atoms. The highest BCUT2D eigenvalue weighted by atomic mass is 35.5. The first-order valence-electron chi connectivity index (χ1n) is 7.29. The fourth-order valence-electron chi connectivity index (χ4n) is 1.98. The molecule has 0 aliphatic rings. The average Bonchev–Trinajstić information content (AvgIpc) is 2.57. The zero-order chi connectivity index (χ0) is 21.1. The molecule has 2 N–H and O–H groups in total. The van der Waals surface area contributed by atoms with E-state index in [2.05, 4.69) is 5.32 Å². The molecule has 0 spiro atoms. The molecule has 0 aliphatic carbocycles. The second kappa shape index (κ2) is 9.05. The predicted octanol–water partition coefficient (Wildman–Crippen LogP) is 6.75. The van der Waals surface area contributed by atoms with Gasteiger partial charge in [0.25, 0.3) is 5.91 Å². The quantitative estimate of drug-likeness (QED) is 0.520. The van der Waals surface area contributed by atoms with Crippen LogP contribution >= 0.6 is 46.4 Å². The van der Waals surface area contributed by atoms with Crippen molar-refractivity contribution in [2.24, 2.45) is 0 Å². The van der Waals surface area contributed by atoms with Crippen LogP contribution in [0, 0.1) is 0 Å². The minimum atomic E-state index is -4.76. The maximum Gasteiger partial charge on any atom is 0.426 e. The van der Waals surface area contributed by atoms with E-state index in [1.165, 1.54) is 12.1 Å². The molecule has 3 amide bonds. The van der Waals surface area contributed by atoms with Crippen LogP contribution in [0.15, 0.2) is 41.4 Å². The van der Waals surface area contributed by atoms with Gasteiger partial charge in [-0.05, 0) is 30.3 Å². The first-order chi connectivity index (χ1) is 13.0. The molecule has 0 aliphatic heterocycles. The van der Waals surface area contributed by atoms with Gasteiger partial charge < -0.3 is 5.32 Å². The molecule has 0 heterocycles. The number of rotatable bonds is 3. The van der Waals surface area contributed by atoms with Gasteiger partial charge in [0, 0.05) is 11.3 Å². The van der Waals surface area contributed by atoms with Gasteiger partial charge in [-0.25, -0.2) is 4.79 Å². The fourth-order valence-corrected chi connectivity index (χ4v) is 2.91. The second-order valence-electron chi connectivity index (χ2n) is 5.23. The van der Waals surface area contributed by atoms with Gasteiger partial charge >= 0.3 is 12.2 Å². The molecular weight excluding hydrogens is 463 g/mol. The molecule has 2 rings (SSSR count). The third-order valence-corrected chi connectivity index (χ3v) is 4.50. The fraction of sp³-hybridized carbons (Fsp3) is 0.0588. The van der Waals surface area contributed by atoms with E-state index in [9.17, 15) is 22.8 Å². The maximum absolute atomic E-state index is 12.5. The van der Waals surface area contributed by atoms with Gasteiger partial charge in [-0.15, -0.1) is 0 Å². The highest BCUT2D eigenvalue weighted by Gasteiger charge is 2.32. The number of alkyl halides is 3. The summed E-state index contributed by atoms with van der Waals surface area (Å²) in [6, 6.07) is 7.46. The second-order valence-corrected chi connectivity index (χ2v) is 6.86. The highest BCUT2D eigenvalue weighted by Crippen LogP contribution is 2.36. The van der Waals surface area contributed by atoms with Crippen LogP contribution in [-0.2, 0) is 0 Å². The number of hydrogen-bond acceptors (Lipinski definition) is 2. The van der Waals surface area contributed by atoms with E-state index in [4.69, 9.17) is 46.4 Å². The number of benzene rings is 2. The van der Waals surface area contributed by atoms with E-state index in [-0.39, 0.29) is 31.9 Å². The van der Waals surface area contributed by atoms with Crippen LogP contribution in [0.3, 0.4) is 0 Å². The Kier molecular flexibility index (Phi) is 7.22. The monoisotopic (exact) mass is 470 g/mol. The minimum absolute atomic E-state index is 0.0414. The molecule has 0 bridgehead atoms. The van der Waals surface area contributed by atoms with Crippen LogP contribution in [-0.4, -0.2) is 18.1 Å². The lowest BCUT2D eigenvalue weighted by Crippen LogP contribution is -2.34. The average molecular weight is 472 g/mol. The lowest BCUT2D eigenvalue weighted by molar-refractivity contribution is -0.0836. The molecule has 148 valence electrons. The van der Waals surface area contributed by atoms with Crippen LogP contribution in [0.4, 0.5) is 23.7 Å². The van der Waals surface area contributed by atoms with Crippen molar-refractivity contribution in [3.8, 4) is 0 Å². The molecule has 0 fully saturated rings. The number of hydrogen-bond donors (Lipinski definition) is 2. The lowest BCUT2D eigenvalue weighted by Gasteiger charge is -2.11. The van der Waals surface area contributed by atoms with Gasteiger partial charge in [-0.1, -0.05) is 58.5 Å². The van der Waals surface area contributed by atoms with E-state index in [0.29, 0.717) is 6.08 Å². The number of halogens is 7. The van der Waals surface area contributed by atoms with Crippen LogP contribution in [0.2, 0.25) is 15.1 Å². The third kappa shape index (κ3) is 5.78. The summed E-state index contributed by atoms with van der Waals surface area (Å²) < 4.78 is 37.6. The van der Waals surface area contributed by atoms with Crippen LogP contribution in [0.5, 0.6) is 0 Å². The summed E-state index contributed by atoms with van der Waals surface area (Å²) in [5.41, 5.74) is -0.0545. The maximum atomic E-state index is 12.5. The number of carbonyl (C=O) groups is 2. The zero-order valence-corrected chi connectivity index (χ0v) is 16.5. The number of imide groups is 1. The van der Waals surface area contributed by atoms with Crippen molar-refractivity contribution in [1.82, 2.24) is 5.32 Å². The molecule has 0 aromatic heterocycles. The van der Waals surface area contributed by atoms with Gasteiger partial charge in [0.05, 0.1) is 20.6 Å². The van der Waals surface area contributed by atoms with Crippen molar-refractivity contribution in [3.63, 3.8) is 0 Å². The van der Waals surface area contributed by atoms with Crippen LogP contribution in [0.25, 0.3) is 6.08 Å².